The molecule has 0 heterocycles. The van der Waals surface area contributed by atoms with Crippen LogP contribution in [0, 0.1) is 0 Å². The Balaban J connectivity index is 3.81. The summed E-state index contributed by atoms with van der Waals surface area (Å²) in [5, 5.41) is 12.1. The van der Waals surface area contributed by atoms with Gasteiger partial charge in [-0.05, 0) is 39.9 Å². The van der Waals surface area contributed by atoms with Crippen LogP contribution < -0.4 is 5.32 Å². The van der Waals surface area contributed by atoms with Crippen LogP contribution in [0.2, 0.25) is 0 Å². The van der Waals surface area contributed by atoms with Crippen LogP contribution in [0.4, 0.5) is 0 Å². The predicted molar refractivity (Wildman–Crippen MR) is 61.6 cm³/mol. The number of aliphatic hydroxyl groups excluding tert-OH is 1. The molecule has 0 saturated carbocycles. The molecule has 0 amide bonds. The van der Waals surface area contributed by atoms with Gasteiger partial charge in [0, 0.05) is 12.1 Å². The van der Waals surface area contributed by atoms with Crippen LogP contribution in [-0.4, -0.2) is 48.8 Å². The third-order valence-electron chi connectivity index (χ3n) is 3.01. The lowest BCUT2D eigenvalue weighted by Gasteiger charge is -2.28. The summed E-state index contributed by atoms with van der Waals surface area (Å²) in [6.07, 6.45) is 2.21. The predicted octanol–water partition coefficient (Wildman–Crippen LogP) is 1.08. The smallest absolute Gasteiger partial charge is 0.0585 e. The first-order chi connectivity index (χ1) is 6.69. The summed E-state index contributed by atoms with van der Waals surface area (Å²) in [4.78, 5) is 2.46. The molecule has 0 aromatic heterocycles. The van der Waals surface area contributed by atoms with E-state index in [1.54, 1.807) is 0 Å². The van der Waals surface area contributed by atoms with E-state index in [1.165, 1.54) is 6.42 Å². The van der Waals surface area contributed by atoms with Gasteiger partial charge < -0.3 is 15.3 Å². The molecule has 0 saturated heterocycles. The molecule has 14 heavy (non-hydrogen) atoms. The van der Waals surface area contributed by atoms with Gasteiger partial charge in [-0.3, -0.25) is 0 Å². The van der Waals surface area contributed by atoms with Gasteiger partial charge in [0.15, 0.2) is 0 Å². The Morgan fingerprint density at radius 2 is 2.00 bits per heavy atom. The Labute approximate surface area is 88.5 Å². The Bertz CT molecular complexity index is 126. The van der Waals surface area contributed by atoms with Crippen LogP contribution >= 0.6 is 0 Å². The Hall–Kier alpha value is -0.120. The number of aliphatic hydroxyl groups is 1. The largest absolute Gasteiger partial charge is 0.395 e. The Kier molecular flexibility index (Phi) is 8.14. The average molecular weight is 202 g/mol. The quantitative estimate of drug-likeness (QED) is 0.618. The summed E-state index contributed by atoms with van der Waals surface area (Å²) in [7, 11) is 1.90. The first-order valence-corrected chi connectivity index (χ1v) is 5.71. The van der Waals surface area contributed by atoms with E-state index < -0.39 is 0 Å². The number of nitrogens with one attached hydrogen (secondary N) is 1. The minimum Gasteiger partial charge on any atom is -0.395 e. The zero-order valence-corrected chi connectivity index (χ0v) is 10.1. The molecular formula is C11H26N2O. The number of nitrogens with zero attached hydrogens (tertiary/aromatic N) is 1. The van der Waals surface area contributed by atoms with E-state index in [0.29, 0.717) is 6.04 Å². The second kappa shape index (κ2) is 8.21. The van der Waals surface area contributed by atoms with E-state index in [0.717, 1.165) is 19.5 Å². The molecule has 0 aromatic rings. The number of rotatable bonds is 8. The summed E-state index contributed by atoms with van der Waals surface area (Å²) in [6.45, 7) is 9.06. The fourth-order valence-electron chi connectivity index (χ4n) is 1.60. The molecule has 0 aromatic carbocycles. The summed E-state index contributed by atoms with van der Waals surface area (Å²) in [5.41, 5.74) is 0. The van der Waals surface area contributed by atoms with E-state index in [2.05, 4.69) is 31.0 Å². The maximum Gasteiger partial charge on any atom is 0.0585 e. The van der Waals surface area contributed by atoms with Crippen LogP contribution in [0.3, 0.4) is 0 Å². The van der Waals surface area contributed by atoms with Gasteiger partial charge in [-0.2, -0.15) is 0 Å². The van der Waals surface area contributed by atoms with Crippen LogP contribution in [0.5, 0.6) is 0 Å². The highest BCUT2D eigenvalue weighted by Crippen LogP contribution is 2.04. The van der Waals surface area contributed by atoms with Crippen molar-refractivity contribution in [1.29, 1.82) is 0 Å². The summed E-state index contributed by atoms with van der Waals surface area (Å²) in [5.74, 6) is 0. The van der Waals surface area contributed by atoms with Gasteiger partial charge in [-0.1, -0.05) is 13.8 Å². The van der Waals surface area contributed by atoms with Crippen molar-refractivity contribution in [2.75, 3.05) is 26.7 Å². The molecule has 3 nitrogen and oxygen atoms in total. The van der Waals surface area contributed by atoms with E-state index in [4.69, 9.17) is 5.11 Å². The van der Waals surface area contributed by atoms with Gasteiger partial charge in [-0.15, -0.1) is 0 Å². The first kappa shape index (κ1) is 13.9. The molecule has 0 aliphatic carbocycles. The lowest BCUT2D eigenvalue weighted by Crippen LogP contribution is -2.38. The Morgan fingerprint density at radius 3 is 2.36 bits per heavy atom. The minimum atomic E-state index is 0.231. The molecule has 0 spiro atoms. The molecule has 2 atom stereocenters. The van der Waals surface area contributed by atoms with Gasteiger partial charge in [0.1, 0.15) is 0 Å². The van der Waals surface area contributed by atoms with Crippen molar-refractivity contribution in [3.8, 4) is 0 Å². The monoisotopic (exact) mass is 202 g/mol. The summed E-state index contributed by atoms with van der Waals surface area (Å²) >= 11 is 0. The molecule has 2 N–H and O–H groups in total. The highest BCUT2D eigenvalue weighted by atomic mass is 16.3. The van der Waals surface area contributed by atoms with Gasteiger partial charge in [-0.25, -0.2) is 0 Å². The zero-order chi connectivity index (χ0) is 11.0. The molecular weight excluding hydrogens is 176 g/mol. The molecule has 0 bridgehead atoms. The van der Waals surface area contributed by atoms with E-state index in [-0.39, 0.29) is 12.6 Å². The third-order valence-corrected chi connectivity index (χ3v) is 3.01. The van der Waals surface area contributed by atoms with E-state index >= 15 is 0 Å². The van der Waals surface area contributed by atoms with Crippen molar-refractivity contribution in [2.24, 2.45) is 0 Å². The second-order valence-electron chi connectivity index (χ2n) is 3.84. The molecule has 0 aliphatic rings. The van der Waals surface area contributed by atoms with Crippen LogP contribution in [-0.2, 0) is 0 Å². The van der Waals surface area contributed by atoms with Crippen LogP contribution in [0.25, 0.3) is 0 Å². The highest BCUT2D eigenvalue weighted by Gasteiger charge is 2.12. The number of hydrogen-bond acceptors (Lipinski definition) is 3. The normalized spacial score (nSPS) is 15.9. The van der Waals surface area contributed by atoms with Crippen molar-refractivity contribution in [3.05, 3.63) is 0 Å². The van der Waals surface area contributed by atoms with Gasteiger partial charge >= 0.3 is 0 Å². The number of hydrogen-bond donors (Lipinski definition) is 2. The van der Waals surface area contributed by atoms with Crippen molar-refractivity contribution < 1.29 is 5.11 Å². The molecule has 0 aliphatic heterocycles. The van der Waals surface area contributed by atoms with E-state index in [9.17, 15) is 0 Å². The standard InChI is InChI=1S/C11H26N2O/c1-5-10(3)13(6-2)8-7-11(9-14)12-4/h10-12,14H,5-9H2,1-4H3. The first-order valence-electron chi connectivity index (χ1n) is 5.71. The molecule has 86 valence electrons. The SMILES string of the molecule is CCC(C)N(CC)CCC(CO)NC. The van der Waals surface area contributed by atoms with Crippen molar-refractivity contribution in [3.63, 3.8) is 0 Å². The zero-order valence-electron chi connectivity index (χ0n) is 10.1. The summed E-state index contributed by atoms with van der Waals surface area (Å²) < 4.78 is 0. The third kappa shape index (κ3) is 4.94. The fourth-order valence-corrected chi connectivity index (χ4v) is 1.60. The van der Waals surface area contributed by atoms with E-state index in [1.807, 2.05) is 7.05 Å². The Morgan fingerprint density at radius 1 is 1.36 bits per heavy atom. The average Bonchev–Trinajstić information content (AvgIpc) is 2.24. The molecule has 3 heteroatoms. The van der Waals surface area contributed by atoms with Crippen LogP contribution in [0.15, 0.2) is 0 Å². The van der Waals surface area contributed by atoms with Crippen molar-refractivity contribution in [1.82, 2.24) is 10.2 Å². The maximum atomic E-state index is 9.03. The minimum absolute atomic E-state index is 0.231. The molecule has 0 rings (SSSR count). The highest BCUT2D eigenvalue weighted by molar-refractivity contribution is 4.69. The van der Waals surface area contributed by atoms with Gasteiger partial charge in [0.05, 0.1) is 6.61 Å². The molecule has 2 unspecified atom stereocenters. The van der Waals surface area contributed by atoms with Crippen LogP contribution in [0.1, 0.15) is 33.6 Å². The molecule has 0 radical (unpaired) electrons. The second-order valence-corrected chi connectivity index (χ2v) is 3.84. The molecule has 0 fully saturated rings. The van der Waals surface area contributed by atoms with Crippen molar-refractivity contribution >= 4 is 0 Å². The topological polar surface area (TPSA) is 35.5 Å². The van der Waals surface area contributed by atoms with Crippen molar-refractivity contribution in [2.45, 2.75) is 45.7 Å². The lowest BCUT2D eigenvalue weighted by molar-refractivity contribution is 0.182. The summed E-state index contributed by atoms with van der Waals surface area (Å²) in [6, 6.07) is 0.893. The number of likely N-dealkylation sites (N-methyl/N-ethyl adjacent to an activating group) is 1. The fraction of sp³-hybridized carbons (Fsp3) is 1.00. The van der Waals surface area contributed by atoms with Gasteiger partial charge in [0.2, 0.25) is 0 Å². The maximum absolute atomic E-state index is 9.03. The lowest BCUT2D eigenvalue weighted by atomic mass is 10.1. The van der Waals surface area contributed by atoms with Gasteiger partial charge in [0.25, 0.3) is 0 Å².